The van der Waals surface area contributed by atoms with Crippen LogP contribution in [0.5, 0.6) is 0 Å². The maximum atomic E-state index is 12.2. The molecule has 0 aromatic carbocycles. The summed E-state index contributed by atoms with van der Waals surface area (Å²) in [7, 11) is -3.62. The lowest BCUT2D eigenvalue weighted by Gasteiger charge is -2.38. The maximum absolute atomic E-state index is 12.2. The van der Waals surface area contributed by atoms with Crippen molar-refractivity contribution in [2.75, 3.05) is 39.4 Å². The van der Waals surface area contributed by atoms with Crippen molar-refractivity contribution in [3.63, 3.8) is 0 Å². The van der Waals surface area contributed by atoms with Crippen LogP contribution in [-0.4, -0.2) is 64.7 Å². The van der Waals surface area contributed by atoms with Gasteiger partial charge >= 0.3 is 0 Å². The molecule has 2 rings (SSSR count). The van der Waals surface area contributed by atoms with E-state index in [1.165, 1.54) is 6.07 Å². The number of thiophene rings is 1. The number of carbonyl (C=O) groups is 1. The quantitative estimate of drug-likeness (QED) is 0.614. The first kappa shape index (κ1) is 21.3. The van der Waals surface area contributed by atoms with Gasteiger partial charge in [0.1, 0.15) is 4.21 Å². The normalized spacial score (nSPS) is 17.3. The largest absolute Gasteiger partial charge is 0.379 e. The van der Waals surface area contributed by atoms with E-state index >= 15 is 0 Å². The molecule has 1 atom stereocenters. The summed E-state index contributed by atoms with van der Waals surface area (Å²) in [6.45, 7) is 7.75. The van der Waals surface area contributed by atoms with E-state index in [1.807, 2.05) is 0 Å². The monoisotopic (exact) mass is 403 g/mol. The van der Waals surface area contributed by atoms with Gasteiger partial charge in [0.25, 0.3) is 10.0 Å². The van der Waals surface area contributed by atoms with E-state index in [4.69, 9.17) is 4.74 Å². The van der Waals surface area contributed by atoms with Crippen LogP contribution in [-0.2, 0) is 19.6 Å². The van der Waals surface area contributed by atoms with E-state index in [0.29, 0.717) is 25.7 Å². The van der Waals surface area contributed by atoms with Crippen LogP contribution in [0.1, 0.15) is 26.7 Å². The van der Waals surface area contributed by atoms with Gasteiger partial charge in [-0.05, 0) is 17.4 Å². The number of amides is 1. The minimum absolute atomic E-state index is 0.216. The highest BCUT2D eigenvalue weighted by molar-refractivity contribution is 7.91. The minimum atomic E-state index is -3.62. The molecule has 1 fully saturated rings. The molecule has 1 aliphatic rings. The lowest BCUT2D eigenvalue weighted by molar-refractivity contribution is -0.120. The van der Waals surface area contributed by atoms with Crippen LogP contribution in [0.15, 0.2) is 21.7 Å². The van der Waals surface area contributed by atoms with E-state index in [9.17, 15) is 13.2 Å². The molecule has 148 valence electrons. The third-order valence-electron chi connectivity index (χ3n) is 4.80. The van der Waals surface area contributed by atoms with Crippen LogP contribution >= 0.6 is 11.3 Å². The number of rotatable bonds is 10. The third kappa shape index (κ3) is 6.02. The third-order valence-corrected chi connectivity index (χ3v) is 7.60. The Morgan fingerprint density at radius 3 is 2.58 bits per heavy atom. The minimum Gasteiger partial charge on any atom is -0.379 e. The number of ether oxygens (including phenoxy) is 1. The highest BCUT2D eigenvalue weighted by atomic mass is 32.2. The second-order valence-corrected chi connectivity index (χ2v) is 9.29. The van der Waals surface area contributed by atoms with E-state index in [2.05, 4.69) is 28.8 Å². The standard InChI is InChI=1S/C17H29N3O4S2/c1-3-14(4-2)15(20-7-9-24-10-8-20)12-18-16(21)13-19-26(22,23)17-6-5-11-25-17/h5-6,11,14-15,19H,3-4,7-10,12-13H2,1-2H3,(H,18,21). The Morgan fingerprint density at radius 1 is 1.31 bits per heavy atom. The molecule has 0 saturated carbocycles. The summed E-state index contributed by atoms with van der Waals surface area (Å²) in [6.07, 6.45) is 2.08. The fraction of sp³-hybridized carbons (Fsp3) is 0.706. The summed E-state index contributed by atoms with van der Waals surface area (Å²) in [6, 6.07) is 3.43. The average Bonchev–Trinajstić information content (AvgIpc) is 3.20. The topological polar surface area (TPSA) is 87.7 Å². The van der Waals surface area contributed by atoms with Crippen molar-refractivity contribution in [2.24, 2.45) is 5.92 Å². The smallest absolute Gasteiger partial charge is 0.250 e. The zero-order chi connectivity index (χ0) is 19.0. The fourth-order valence-electron chi connectivity index (χ4n) is 3.26. The number of nitrogens with one attached hydrogen (secondary N) is 2. The number of carbonyl (C=O) groups excluding carboxylic acids is 1. The molecule has 0 radical (unpaired) electrons. The van der Waals surface area contributed by atoms with Crippen molar-refractivity contribution in [3.05, 3.63) is 17.5 Å². The Hall–Kier alpha value is -1.00. The fourth-order valence-corrected chi connectivity index (χ4v) is 5.28. The summed E-state index contributed by atoms with van der Waals surface area (Å²) < 4.78 is 32.2. The Morgan fingerprint density at radius 2 is 2.00 bits per heavy atom. The Balaban J connectivity index is 1.87. The Labute approximate surface area is 160 Å². The molecule has 7 nitrogen and oxygen atoms in total. The molecule has 1 unspecified atom stereocenters. The predicted molar refractivity (Wildman–Crippen MR) is 103 cm³/mol. The van der Waals surface area contributed by atoms with Gasteiger partial charge in [-0.1, -0.05) is 32.8 Å². The first-order chi connectivity index (χ1) is 12.5. The highest BCUT2D eigenvalue weighted by Gasteiger charge is 2.27. The van der Waals surface area contributed by atoms with E-state index in [1.54, 1.807) is 11.4 Å². The number of sulfonamides is 1. The molecule has 2 heterocycles. The summed E-state index contributed by atoms with van der Waals surface area (Å²) in [5, 5.41) is 4.59. The molecule has 1 aliphatic heterocycles. The van der Waals surface area contributed by atoms with Gasteiger partial charge in [-0.2, -0.15) is 0 Å². The van der Waals surface area contributed by atoms with E-state index in [0.717, 1.165) is 37.3 Å². The van der Waals surface area contributed by atoms with Gasteiger partial charge in [-0.25, -0.2) is 13.1 Å². The van der Waals surface area contributed by atoms with E-state index < -0.39 is 10.0 Å². The van der Waals surface area contributed by atoms with Crippen molar-refractivity contribution in [1.29, 1.82) is 0 Å². The van der Waals surface area contributed by atoms with Crippen molar-refractivity contribution < 1.29 is 17.9 Å². The number of hydrogen-bond donors (Lipinski definition) is 2. The molecule has 1 saturated heterocycles. The van der Waals surface area contributed by atoms with Crippen molar-refractivity contribution >= 4 is 27.3 Å². The van der Waals surface area contributed by atoms with Gasteiger partial charge in [0.15, 0.2) is 0 Å². The van der Waals surface area contributed by atoms with Crippen LogP contribution in [0.2, 0.25) is 0 Å². The maximum Gasteiger partial charge on any atom is 0.250 e. The number of morpholine rings is 1. The molecule has 1 aromatic rings. The number of nitrogens with zero attached hydrogens (tertiary/aromatic N) is 1. The lowest BCUT2D eigenvalue weighted by Crippen LogP contribution is -2.52. The molecular weight excluding hydrogens is 374 g/mol. The van der Waals surface area contributed by atoms with Gasteiger partial charge in [0, 0.05) is 25.7 Å². The van der Waals surface area contributed by atoms with Gasteiger partial charge in [0.2, 0.25) is 5.91 Å². The Kier molecular flexibility index (Phi) is 8.49. The second-order valence-electron chi connectivity index (χ2n) is 6.35. The molecule has 9 heteroatoms. The summed E-state index contributed by atoms with van der Waals surface area (Å²) >= 11 is 1.13. The molecule has 2 N–H and O–H groups in total. The van der Waals surface area contributed by atoms with E-state index in [-0.39, 0.29) is 22.7 Å². The van der Waals surface area contributed by atoms with Gasteiger partial charge in [-0.3, -0.25) is 9.69 Å². The second kappa shape index (κ2) is 10.4. The average molecular weight is 404 g/mol. The molecule has 26 heavy (non-hydrogen) atoms. The first-order valence-corrected chi connectivity index (χ1v) is 11.5. The van der Waals surface area contributed by atoms with Crippen molar-refractivity contribution in [3.8, 4) is 0 Å². The van der Waals surface area contributed by atoms with Crippen LogP contribution in [0.25, 0.3) is 0 Å². The summed E-state index contributed by atoms with van der Waals surface area (Å²) in [5.41, 5.74) is 0. The highest BCUT2D eigenvalue weighted by Crippen LogP contribution is 2.19. The Bertz CT molecular complexity index is 639. The zero-order valence-electron chi connectivity index (χ0n) is 15.4. The van der Waals surface area contributed by atoms with Crippen LogP contribution < -0.4 is 10.0 Å². The first-order valence-electron chi connectivity index (χ1n) is 9.09. The van der Waals surface area contributed by atoms with Crippen molar-refractivity contribution in [1.82, 2.24) is 14.9 Å². The molecule has 0 aliphatic carbocycles. The SMILES string of the molecule is CCC(CC)C(CNC(=O)CNS(=O)(=O)c1cccs1)N1CCOCC1. The molecule has 1 aromatic heterocycles. The number of hydrogen-bond acceptors (Lipinski definition) is 6. The molecular formula is C17H29N3O4S2. The van der Waals surface area contributed by atoms with Crippen LogP contribution in [0, 0.1) is 5.92 Å². The molecule has 0 spiro atoms. The molecule has 0 bridgehead atoms. The van der Waals surface area contributed by atoms with Crippen LogP contribution in [0.3, 0.4) is 0 Å². The summed E-state index contributed by atoms with van der Waals surface area (Å²) in [4.78, 5) is 14.5. The molecule has 1 amide bonds. The zero-order valence-corrected chi connectivity index (χ0v) is 17.1. The van der Waals surface area contributed by atoms with Gasteiger partial charge in [0.05, 0.1) is 19.8 Å². The van der Waals surface area contributed by atoms with Crippen molar-refractivity contribution in [2.45, 2.75) is 36.9 Å². The van der Waals surface area contributed by atoms with Crippen LogP contribution in [0.4, 0.5) is 0 Å². The van der Waals surface area contributed by atoms with Gasteiger partial charge in [-0.15, -0.1) is 11.3 Å². The summed E-state index contributed by atoms with van der Waals surface area (Å²) in [5.74, 6) is 0.172. The lowest BCUT2D eigenvalue weighted by atomic mass is 9.92. The predicted octanol–water partition coefficient (Wildman–Crippen LogP) is 1.28. The van der Waals surface area contributed by atoms with Gasteiger partial charge < -0.3 is 10.1 Å².